The summed E-state index contributed by atoms with van der Waals surface area (Å²) in [6.07, 6.45) is 0. The lowest BCUT2D eigenvalue weighted by molar-refractivity contribution is -0.122. The van der Waals surface area contributed by atoms with Gasteiger partial charge in [0.1, 0.15) is 0 Å². The second kappa shape index (κ2) is 6.11. The largest absolute Gasteiger partial charge is 0.483 e. The van der Waals surface area contributed by atoms with E-state index in [9.17, 15) is 8.42 Å². The van der Waals surface area contributed by atoms with Crippen molar-refractivity contribution in [1.29, 1.82) is 0 Å². The minimum absolute atomic E-state index is 0.0764. The third kappa shape index (κ3) is 26.6. The number of nitrogens with two attached hydrogens (primary N) is 1. The molecule has 0 amide bonds. The molecule has 0 radical (unpaired) electrons. The predicted molar refractivity (Wildman–Crippen MR) is 41.5 cm³/mol. The van der Waals surface area contributed by atoms with Crippen molar-refractivity contribution >= 4 is 16.5 Å². The van der Waals surface area contributed by atoms with Crippen LogP contribution in [0.2, 0.25) is 0 Å². The zero-order chi connectivity index (χ0) is 9.49. The molecule has 0 spiro atoms. The average molecular weight is 183 g/mol. The van der Waals surface area contributed by atoms with Gasteiger partial charge in [0, 0.05) is 0 Å². The molecule has 0 aliphatic heterocycles. The SMILES string of the molecule is CC(C)CS(N)(=O)=O.O=CO. The van der Waals surface area contributed by atoms with Crippen LogP contribution in [-0.4, -0.2) is 25.7 Å². The maximum atomic E-state index is 10.2. The second-order valence-corrected chi connectivity index (χ2v) is 3.99. The lowest BCUT2D eigenvalue weighted by Crippen LogP contribution is -2.19. The molecular weight excluding hydrogens is 170 g/mol. The summed E-state index contributed by atoms with van der Waals surface area (Å²) in [6, 6.07) is 0. The fourth-order valence-corrected chi connectivity index (χ4v) is 1.39. The molecule has 0 aliphatic carbocycles. The van der Waals surface area contributed by atoms with Crippen molar-refractivity contribution in [3.8, 4) is 0 Å². The Bertz CT molecular complexity index is 185. The van der Waals surface area contributed by atoms with Crippen LogP contribution in [0.1, 0.15) is 13.8 Å². The number of primary sulfonamides is 1. The molecule has 0 rings (SSSR count). The molecule has 3 N–H and O–H groups in total. The van der Waals surface area contributed by atoms with Crippen LogP contribution in [0.3, 0.4) is 0 Å². The molecule has 0 fully saturated rings. The first-order valence-corrected chi connectivity index (χ1v) is 4.63. The quantitative estimate of drug-likeness (QED) is 0.571. The fraction of sp³-hybridized carbons (Fsp3) is 0.800. The molecule has 0 unspecified atom stereocenters. The Hall–Kier alpha value is -0.620. The van der Waals surface area contributed by atoms with E-state index in [1.165, 1.54) is 0 Å². The van der Waals surface area contributed by atoms with Crippen LogP contribution in [0.15, 0.2) is 0 Å². The molecule has 6 heteroatoms. The van der Waals surface area contributed by atoms with E-state index in [0.717, 1.165) is 0 Å². The number of hydrogen-bond donors (Lipinski definition) is 2. The Morgan fingerprint density at radius 2 is 1.82 bits per heavy atom. The van der Waals surface area contributed by atoms with Crippen LogP contribution in [0.25, 0.3) is 0 Å². The average Bonchev–Trinajstić information content (AvgIpc) is 1.57. The van der Waals surface area contributed by atoms with Gasteiger partial charge in [0.2, 0.25) is 10.0 Å². The van der Waals surface area contributed by atoms with Crippen molar-refractivity contribution in [3.05, 3.63) is 0 Å². The molecule has 5 nitrogen and oxygen atoms in total. The summed E-state index contributed by atoms with van der Waals surface area (Å²) >= 11 is 0. The summed E-state index contributed by atoms with van der Waals surface area (Å²) in [6.45, 7) is 3.37. The van der Waals surface area contributed by atoms with Gasteiger partial charge in [0.05, 0.1) is 5.75 Å². The summed E-state index contributed by atoms with van der Waals surface area (Å²) in [5, 5.41) is 11.6. The van der Waals surface area contributed by atoms with Crippen molar-refractivity contribution in [3.63, 3.8) is 0 Å². The monoisotopic (exact) mass is 183 g/mol. The van der Waals surface area contributed by atoms with E-state index >= 15 is 0 Å². The van der Waals surface area contributed by atoms with Crippen LogP contribution in [0.5, 0.6) is 0 Å². The van der Waals surface area contributed by atoms with E-state index in [1.54, 1.807) is 0 Å². The highest BCUT2D eigenvalue weighted by Gasteiger charge is 2.04. The normalized spacial score (nSPS) is 10.2. The number of carbonyl (C=O) groups is 1. The third-order valence-corrected chi connectivity index (χ3v) is 1.70. The van der Waals surface area contributed by atoms with Gasteiger partial charge in [-0.25, -0.2) is 13.6 Å². The first kappa shape index (κ1) is 13.0. The highest BCUT2D eigenvalue weighted by Crippen LogP contribution is 1.93. The minimum Gasteiger partial charge on any atom is -0.483 e. The highest BCUT2D eigenvalue weighted by atomic mass is 32.2. The van der Waals surface area contributed by atoms with Crippen LogP contribution < -0.4 is 5.14 Å². The number of rotatable bonds is 2. The zero-order valence-electron chi connectivity index (χ0n) is 6.52. The van der Waals surface area contributed by atoms with Gasteiger partial charge in [-0.3, -0.25) is 4.79 Å². The molecular formula is C5H13NO4S. The Kier molecular flexibility index (Phi) is 7.23. The molecule has 0 saturated carbocycles. The summed E-state index contributed by atoms with van der Waals surface area (Å²) in [5.41, 5.74) is 0. The van der Waals surface area contributed by atoms with E-state index < -0.39 is 10.0 Å². The topological polar surface area (TPSA) is 97.5 Å². The van der Waals surface area contributed by atoms with Gasteiger partial charge >= 0.3 is 0 Å². The lowest BCUT2D eigenvalue weighted by Gasteiger charge is -1.98. The van der Waals surface area contributed by atoms with Crippen LogP contribution in [-0.2, 0) is 14.8 Å². The van der Waals surface area contributed by atoms with Gasteiger partial charge in [-0.05, 0) is 5.92 Å². The Labute approximate surface area is 66.3 Å². The molecule has 11 heavy (non-hydrogen) atoms. The standard InChI is InChI=1S/C4H11NO2S.CH2O2/c1-4(2)3-8(5,6)7;2-1-3/h4H,3H2,1-2H3,(H2,5,6,7);1H,(H,2,3). The summed E-state index contributed by atoms with van der Waals surface area (Å²) < 4.78 is 20.4. The fourth-order valence-electron chi connectivity index (χ4n) is 0.465. The molecule has 68 valence electrons. The van der Waals surface area contributed by atoms with E-state index in [-0.39, 0.29) is 18.1 Å². The van der Waals surface area contributed by atoms with Crippen molar-refractivity contribution in [1.82, 2.24) is 0 Å². The lowest BCUT2D eigenvalue weighted by atomic mass is 10.3. The van der Waals surface area contributed by atoms with Gasteiger partial charge in [0.25, 0.3) is 6.47 Å². The van der Waals surface area contributed by atoms with Gasteiger partial charge in [0.15, 0.2) is 0 Å². The molecule has 0 atom stereocenters. The highest BCUT2D eigenvalue weighted by molar-refractivity contribution is 7.89. The van der Waals surface area contributed by atoms with E-state index in [4.69, 9.17) is 15.0 Å². The predicted octanol–water partition coefficient (Wildman–Crippen LogP) is -0.368. The minimum atomic E-state index is -3.22. The van der Waals surface area contributed by atoms with Crippen molar-refractivity contribution in [2.45, 2.75) is 13.8 Å². The van der Waals surface area contributed by atoms with Gasteiger partial charge in [-0.2, -0.15) is 0 Å². The van der Waals surface area contributed by atoms with Gasteiger partial charge in [-0.15, -0.1) is 0 Å². The molecule has 0 aromatic rings. The molecule has 0 saturated heterocycles. The maximum absolute atomic E-state index is 10.2. The number of carboxylic acid groups (broad SMARTS) is 1. The first-order chi connectivity index (χ1) is 4.83. The third-order valence-electron chi connectivity index (χ3n) is 0.566. The second-order valence-electron chi connectivity index (χ2n) is 2.33. The number of hydrogen-bond acceptors (Lipinski definition) is 3. The van der Waals surface area contributed by atoms with Crippen LogP contribution >= 0.6 is 0 Å². The molecule has 0 aromatic heterocycles. The zero-order valence-corrected chi connectivity index (χ0v) is 7.34. The smallest absolute Gasteiger partial charge is 0.290 e. The summed E-state index contributed by atoms with van der Waals surface area (Å²) in [7, 11) is -3.22. The van der Waals surface area contributed by atoms with Crippen molar-refractivity contribution in [2.75, 3.05) is 5.75 Å². The Morgan fingerprint density at radius 1 is 1.55 bits per heavy atom. The van der Waals surface area contributed by atoms with Gasteiger partial charge < -0.3 is 5.11 Å². The van der Waals surface area contributed by atoms with Gasteiger partial charge in [-0.1, -0.05) is 13.8 Å². The molecule has 0 heterocycles. The van der Waals surface area contributed by atoms with E-state index in [0.29, 0.717) is 0 Å². The molecule has 0 bridgehead atoms. The van der Waals surface area contributed by atoms with Crippen molar-refractivity contribution < 1.29 is 18.3 Å². The van der Waals surface area contributed by atoms with E-state index in [2.05, 4.69) is 0 Å². The van der Waals surface area contributed by atoms with Crippen LogP contribution in [0, 0.1) is 5.92 Å². The molecule has 0 aromatic carbocycles. The number of sulfonamides is 1. The summed E-state index contributed by atoms with van der Waals surface area (Å²) in [5.74, 6) is 0.206. The first-order valence-electron chi connectivity index (χ1n) is 2.91. The Morgan fingerprint density at radius 3 is 1.82 bits per heavy atom. The van der Waals surface area contributed by atoms with E-state index in [1.807, 2.05) is 13.8 Å². The van der Waals surface area contributed by atoms with Crippen molar-refractivity contribution in [2.24, 2.45) is 11.1 Å². The molecule has 0 aliphatic rings. The summed E-state index contributed by atoms with van der Waals surface area (Å²) in [4.78, 5) is 8.36. The van der Waals surface area contributed by atoms with Crippen LogP contribution in [0.4, 0.5) is 0 Å². The Balaban J connectivity index is 0. The maximum Gasteiger partial charge on any atom is 0.290 e.